The fourth-order valence-electron chi connectivity index (χ4n) is 1.28. The molecule has 4 heteroatoms. The zero-order chi connectivity index (χ0) is 11.3. The molecule has 0 aromatic heterocycles. The van der Waals surface area contributed by atoms with Crippen LogP contribution in [-0.4, -0.2) is 11.5 Å². The lowest BCUT2D eigenvalue weighted by atomic mass is 10.1. The van der Waals surface area contributed by atoms with E-state index in [0.717, 1.165) is 5.69 Å². The number of rotatable bonds is 4. The summed E-state index contributed by atoms with van der Waals surface area (Å²) in [6, 6.07) is 4.95. The van der Waals surface area contributed by atoms with Gasteiger partial charge in [-0.1, -0.05) is 6.07 Å². The lowest BCUT2D eigenvalue weighted by molar-refractivity contribution is -0.385. The molecular weight excluding hydrogens is 192 g/mol. The summed E-state index contributed by atoms with van der Waals surface area (Å²) in [6.45, 7) is 2.34. The molecule has 15 heavy (non-hydrogen) atoms. The van der Waals surface area contributed by atoms with Crippen LogP contribution >= 0.6 is 0 Å². The van der Waals surface area contributed by atoms with Gasteiger partial charge in [0.1, 0.15) is 0 Å². The quantitative estimate of drug-likeness (QED) is 0.354. The number of nitro benzene ring substituents is 1. The van der Waals surface area contributed by atoms with Gasteiger partial charge < -0.3 is 5.32 Å². The third kappa shape index (κ3) is 2.71. The lowest BCUT2D eigenvalue weighted by Crippen LogP contribution is -2.03. The molecule has 0 spiro atoms. The monoisotopic (exact) mass is 204 g/mol. The SMILES string of the molecule is C#CCCNc1cccc([N+](=O)[O-])c1C. The molecule has 0 aliphatic rings. The molecule has 0 aliphatic carbocycles. The lowest BCUT2D eigenvalue weighted by Gasteiger charge is -2.07. The molecular formula is C11H12N2O2. The number of nitro groups is 1. The Hall–Kier alpha value is -2.02. The average Bonchev–Trinajstić information content (AvgIpc) is 2.20. The van der Waals surface area contributed by atoms with Gasteiger partial charge in [0.15, 0.2) is 0 Å². The fourth-order valence-corrected chi connectivity index (χ4v) is 1.28. The highest BCUT2D eigenvalue weighted by molar-refractivity contribution is 5.59. The van der Waals surface area contributed by atoms with Crippen molar-refractivity contribution in [1.82, 2.24) is 0 Å². The topological polar surface area (TPSA) is 55.2 Å². The Bertz CT molecular complexity index is 408. The Balaban J connectivity index is 2.86. The van der Waals surface area contributed by atoms with Gasteiger partial charge in [-0.2, -0.15) is 0 Å². The van der Waals surface area contributed by atoms with Crippen molar-refractivity contribution in [2.75, 3.05) is 11.9 Å². The van der Waals surface area contributed by atoms with E-state index in [4.69, 9.17) is 6.42 Å². The molecule has 0 saturated carbocycles. The zero-order valence-corrected chi connectivity index (χ0v) is 8.49. The van der Waals surface area contributed by atoms with Gasteiger partial charge in [0.05, 0.1) is 4.92 Å². The first-order valence-electron chi connectivity index (χ1n) is 4.58. The Morgan fingerprint density at radius 3 is 2.93 bits per heavy atom. The first-order valence-corrected chi connectivity index (χ1v) is 4.58. The van der Waals surface area contributed by atoms with Crippen molar-refractivity contribution >= 4 is 11.4 Å². The summed E-state index contributed by atoms with van der Waals surface area (Å²) in [5, 5.41) is 13.7. The minimum atomic E-state index is -0.387. The van der Waals surface area contributed by atoms with E-state index in [1.54, 1.807) is 19.1 Å². The van der Waals surface area contributed by atoms with Crippen LogP contribution in [0.5, 0.6) is 0 Å². The summed E-state index contributed by atoms with van der Waals surface area (Å²) >= 11 is 0. The normalized spacial score (nSPS) is 9.33. The highest BCUT2D eigenvalue weighted by Crippen LogP contribution is 2.24. The summed E-state index contributed by atoms with van der Waals surface area (Å²) in [4.78, 5) is 10.3. The van der Waals surface area contributed by atoms with E-state index in [0.29, 0.717) is 18.5 Å². The first-order chi connectivity index (χ1) is 7.16. The van der Waals surface area contributed by atoms with Gasteiger partial charge in [0.25, 0.3) is 5.69 Å². The summed E-state index contributed by atoms with van der Waals surface area (Å²) in [5.74, 6) is 2.50. The van der Waals surface area contributed by atoms with Gasteiger partial charge in [-0.15, -0.1) is 12.3 Å². The van der Waals surface area contributed by atoms with E-state index >= 15 is 0 Å². The Labute approximate surface area is 88.5 Å². The molecule has 0 unspecified atom stereocenters. The Morgan fingerprint density at radius 2 is 2.33 bits per heavy atom. The predicted molar refractivity (Wildman–Crippen MR) is 59.8 cm³/mol. The Morgan fingerprint density at radius 1 is 1.60 bits per heavy atom. The zero-order valence-electron chi connectivity index (χ0n) is 8.49. The van der Waals surface area contributed by atoms with Crippen molar-refractivity contribution in [3.8, 4) is 12.3 Å². The van der Waals surface area contributed by atoms with E-state index < -0.39 is 0 Å². The van der Waals surface area contributed by atoms with Crippen molar-refractivity contribution in [3.63, 3.8) is 0 Å². The minimum absolute atomic E-state index is 0.126. The molecule has 0 heterocycles. The summed E-state index contributed by atoms with van der Waals surface area (Å²) in [5.41, 5.74) is 1.53. The highest BCUT2D eigenvalue weighted by Gasteiger charge is 2.12. The maximum absolute atomic E-state index is 10.6. The third-order valence-electron chi connectivity index (χ3n) is 2.09. The van der Waals surface area contributed by atoms with Gasteiger partial charge in [-0.05, 0) is 13.0 Å². The largest absolute Gasteiger partial charge is 0.384 e. The number of nitrogens with one attached hydrogen (secondary N) is 1. The van der Waals surface area contributed by atoms with Crippen LogP contribution in [-0.2, 0) is 0 Å². The molecule has 0 bridgehead atoms. The third-order valence-corrected chi connectivity index (χ3v) is 2.09. The molecule has 4 nitrogen and oxygen atoms in total. The number of hydrogen-bond acceptors (Lipinski definition) is 3. The van der Waals surface area contributed by atoms with E-state index in [9.17, 15) is 10.1 Å². The number of hydrogen-bond donors (Lipinski definition) is 1. The maximum Gasteiger partial charge on any atom is 0.274 e. The standard InChI is InChI=1S/C11H12N2O2/c1-3-4-8-12-10-6-5-7-11(9(10)2)13(14)15/h1,5-7,12H,4,8H2,2H3. The van der Waals surface area contributed by atoms with E-state index in [2.05, 4.69) is 11.2 Å². The van der Waals surface area contributed by atoms with E-state index in [1.165, 1.54) is 6.07 Å². The Kier molecular flexibility index (Phi) is 3.69. The molecule has 1 N–H and O–H groups in total. The van der Waals surface area contributed by atoms with E-state index in [1.807, 2.05) is 0 Å². The van der Waals surface area contributed by atoms with Crippen LogP contribution in [0.25, 0.3) is 0 Å². The van der Waals surface area contributed by atoms with Crippen LogP contribution in [0.4, 0.5) is 11.4 Å². The smallest absolute Gasteiger partial charge is 0.274 e. The molecule has 1 aromatic rings. The van der Waals surface area contributed by atoms with Crippen LogP contribution < -0.4 is 5.32 Å². The van der Waals surface area contributed by atoms with E-state index in [-0.39, 0.29) is 10.6 Å². The van der Waals surface area contributed by atoms with Crippen molar-refractivity contribution in [2.24, 2.45) is 0 Å². The van der Waals surface area contributed by atoms with Gasteiger partial charge in [0, 0.05) is 30.3 Å². The average molecular weight is 204 g/mol. The maximum atomic E-state index is 10.6. The molecule has 0 radical (unpaired) electrons. The van der Waals surface area contributed by atoms with Gasteiger partial charge in [0.2, 0.25) is 0 Å². The second-order valence-electron chi connectivity index (χ2n) is 3.09. The summed E-state index contributed by atoms with van der Waals surface area (Å²) in [6.07, 6.45) is 5.71. The van der Waals surface area contributed by atoms with Crippen LogP contribution in [0.15, 0.2) is 18.2 Å². The number of nitrogens with zero attached hydrogens (tertiary/aromatic N) is 1. The molecule has 0 fully saturated rings. The van der Waals surface area contributed by atoms with Crippen molar-refractivity contribution in [3.05, 3.63) is 33.9 Å². The fraction of sp³-hybridized carbons (Fsp3) is 0.273. The molecule has 0 aliphatic heterocycles. The molecule has 0 atom stereocenters. The highest BCUT2D eigenvalue weighted by atomic mass is 16.6. The molecule has 0 amide bonds. The van der Waals surface area contributed by atoms with Gasteiger partial charge >= 0.3 is 0 Å². The van der Waals surface area contributed by atoms with Crippen molar-refractivity contribution in [1.29, 1.82) is 0 Å². The predicted octanol–water partition coefficient (Wildman–Crippen LogP) is 2.34. The molecule has 78 valence electrons. The van der Waals surface area contributed by atoms with Gasteiger partial charge in [-0.25, -0.2) is 0 Å². The van der Waals surface area contributed by atoms with Gasteiger partial charge in [-0.3, -0.25) is 10.1 Å². The van der Waals surface area contributed by atoms with Crippen LogP contribution in [0.1, 0.15) is 12.0 Å². The second kappa shape index (κ2) is 5.01. The minimum Gasteiger partial charge on any atom is -0.384 e. The van der Waals surface area contributed by atoms with Crippen LogP contribution in [0.2, 0.25) is 0 Å². The number of terminal acetylenes is 1. The molecule has 1 rings (SSSR count). The molecule has 0 saturated heterocycles. The summed E-state index contributed by atoms with van der Waals surface area (Å²) < 4.78 is 0. The second-order valence-corrected chi connectivity index (χ2v) is 3.09. The van der Waals surface area contributed by atoms with Crippen LogP contribution in [0, 0.1) is 29.4 Å². The van der Waals surface area contributed by atoms with Crippen molar-refractivity contribution in [2.45, 2.75) is 13.3 Å². The van der Waals surface area contributed by atoms with Crippen molar-refractivity contribution < 1.29 is 4.92 Å². The molecule has 1 aromatic carbocycles. The summed E-state index contributed by atoms with van der Waals surface area (Å²) in [7, 11) is 0. The number of benzene rings is 1. The van der Waals surface area contributed by atoms with Crippen LogP contribution in [0.3, 0.4) is 0 Å². The number of anilines is 1. The first kappa shape index (κ1) is 11.1.